The fraction of sp³-hybridized carbons (Fsp3) is 0.176. The summed E-state index contributed by atoms with van der Waals surface area (Å²) < 4.78 is 1.07. The van der Waals surface area contributed by atoms with Gasteiger partial charge < -0.3 is 4.90 Å². The zero-order valence-electron chi connectivity index (χ0n) is 13.6. The van der Waals surface area contributed by atoms with Crippen molar-refractivity contribution in [2.45, 2.75) is 11.4 Å². The molecule has 0 unspecified atom stereocenters. The van der Waals surface area contributed by atoms with E-state index in [0.29, 0.717) is 17.0 Å². The van der Waals surface area contributed by atoms with Crippen molar-refractivity contribution in [3.05, 3.63) is 63.1 Å². The van der Waals surface area contributed by atoms with Crippen molar-refractivity contribution in [3.8, 4) is 0 Å². The topological polar surface area (TPSA) is 76.3 Å². The van der Waals surface area contributed by atoms with Crippen molar-refractivity contribution in [3.63, 3.8) is 0 Å². The highest BCUT2D eigenvalue weighted by atomic mass is 32.2. The van der Waals surface area contributed by atoms with Crippen LogP contribution in [0.25, 0.3) is 10.2 Å². The lowest BCUT2D eigenvalue weighted by Crippen LogP contribution is -2.26. The zero-order valence-corrected chi connectivity index (χ0v) is 15.3. The van der Waals surface area contributed by atoms with Gasteiger partial charge in [0.1, 0.15) is 5.01 Å². The molecule has 0 aliphatic heterocycles. The Bertz CT molecular complexity index is 922. The third kappa shape index (κ3) is 3.64. The maximum atomic E-state index is 12.6. The van der Waals surface area contributed by atoms with Gasteiger partial charge in [-0.15, -0.1) is 23.1 Å². The molecule has 0 N–H and O–H groups in total. The van der Waals surface area contributed by atoms with Gasteiger partial charge in [0, 0.05) is 18.7 Å². The summed E-state index contributed by atoms with van der Waals surface area (Å²) in [6.45, 7) is 0.357. The minimum atomic E-state index is -0.462. The number of benzene rings is 2. The number of nitro benzene ring substituents is 1. The van der Waals surface area contributed by atoms with Crippen molar-refractivity contribution in [1.82, 2.24) is 9.88 Å². The lowest BCUT2D eigenvalue weighted by atomic mass is 10.2. The van der Waals surface area contributed by atoms with Crippen LogP contribution in [0.3, 0.4) is 0 Å². The van der Waals surface area contributed by atoms with E-state index < -0.39 is 4.92 Å². The number of aromatic nitrogens is 1. The molecule has 1 heterocycles. The molecule has 0 spiro atoms. The molecule has 0 saturated heterocycles. The molecule has 0 bridgehead atoms. The Morgan fingerprint density at radius 3 is 2.76 bits per heavy atom. The number of hydrogen-bond donors (Lipinski definition) is 0. The van der Waals surface area contributed by atoms with Crippen LogP contribution in [0.2, 0.25) is 0 Å². The normalized spacial score (nSPS) is 10.8. The molecule has 8 heteroatoms. The minimum absolute atomic E-state index is 0.0493. The predicted octanol–water partition coefficient (Wildman–Crippen LogP) is 4.20. The second kappa shape index (κ2) is 7.20. The summed E-state index contributed by atoms with van der Waals surface area (Å²) in [5.41, 5.74) is 1.16. The minimum Gasteiger partial charge on any atom is -0.335 e. The van der Waals surface area contributed by atoms with Gasteiger partial charge in [0.2, 0.25) is 0 Å². The van der Waals surface area contributed by atoms with Crippen molar-refractivity contribution >= 4 is 44.9 Å². The lowest BCUT2D eigenvalue weighted by Gasteiger charge is -2.15. The number of thioether (sulfide) groups is 1. The number of amides is 1. The average molecular weight is 373 g/mol. The van der Waals surface area contributed by atoms with Crippen LogP contribution < -0.4 is 0 Å². The molecule has 2 aromatic carbocycles. The lowest BCUT2D eigenvalue weighted by molar-refractivity contribution is -0.387. The van der Waals surface area contributed by atoms with Gasteiger partial charge in [-0.25, -0.2) is 4.98 Å². The van der Waals surface area contributed by atoms with Gasteiger partial charge in [-0.2, -0.15) is 0 Å². The Hall–Kier alpha value is -2.45. The third-order valence-corrected chi connectivity index (χ3v) is 5.49. The predicted molar refractivity (Wildman–Crippen MR) is 100 cm³/mol. The molecule has 1 aromatic heterocycles. The molecular weight excluding hydrogens is 358 g/mol. The highest BCUT2D eigenvalue weighted by Crippen LogP contribution is 2.29. The summed E-state index contributed by atoms with van der Waals surface area (Å²) >= 11 is 2.82. The number of carbonyl (C=O) groups excluding carboxylic acids is 1. The molecule has 0 aliphatic carbocycles. The monoisotopic (exact) mass is 373 g/mol. The van der Waals surface area contributed by atoms with Gasteiger partial charge in [-0.3, -0.25) is 14.9 Å². The van der Waals surface area contributed by atoms with Crippen LogP contribution in [0.5, 0.6) is 0 Å². The molecule has 0 radical (unpaired) electrons. The van der Waals surface area contributed by atoms with Gasteiger partial charge in [0.15, 0.2) is 0 Å². The number of para-hydroxylation sites is 1. The molecule has 25 heavy (non-hydrogen) atoms. The SMILES string of the molecule is CSc1ccc(C(=O)N(C)Cc2nc3ccccc3s2)cc1[N+](=O)[O-]. The van der Waals surface area contributed by atoms with Gasteiger partial charge in [-0.05, 0) is 30.5 Å². The van der Waals surface area contributed by atoms with Crippen LogP contribution in [0.15, 0.2) is 47.4 Å². The van der Waals surface area contributed by atoms with Gasteiger partial charge >= 0.3 is 0 Å². The standard InChI is InChI=1S/C17H15N3O3S2/c1-19(10-16-18-12-5-3-4-6-14(12)25-16)17(21)11-7-8-15(24-2)13(9-11)20(22)23/h3-9H,10H2,1-2H3. The summed E-state index contributed by atoms with van der Waals surface area (Å²) in [5.74, 6) is -0.269. The summed E-state index contributed by atoms with van der Waals surface area (Å²) in [4.78, 5) is 29.9. The number of hydrogen-bond acceptors (Lipinski definition) is 6. The van der Waals surface area contributed by atoms with Crippen LogP contribution in [0, 0.1) is 10.1 Å². The Kier molecular flexibility index (Phi) is 5.00. The van der Waals surface area contributed by atoms with Crippen LogP contribution in [0.1, 0.15) is 15.4 Å². The van der Waals surface area contributed by atoms with E-state index in [0.717, 1.165) is 15.2 Å². The van der Waals surface area contributed by atoms with E-state index in [4.69, 9.17) is 0 Å². The summed E-state index contributed by atoms with van der Waals surface area (Å²) in [6, 6.07) is 12.4. The van der Waals surface area contributed by atoms with Gasteiger partial charge in [-0.1, -0.05) is 12.1 Å². The summed E-state index contributed by atoms with van der Waals surface area (Å²) in [6.07, 6.45) is 1.77. The third-order valence-electron chi connectivity index (χ3n) is 3.68. The van der Waals surface area contributed by atoms with E-state index in [2.05, 4.69) is 4.98 Å². The first-order valence-electron chi connectivity index (χ1n) is 7.42. The number of rotatable bonds is 5. The number of nitro groups is 1. The number of carbonyl (C=O) groups is 1. The number of thiazole rings is 1. The quantitative estimate of drug-likeness (QED) is 0.381. The van der Waals surface area contributed by atoms with E-state index >= 15 is 0 Å². The van der Waals surface area contributed by atoms with E-state index in [9.17, 15) is 14.9 Å². The number of nitrogens with zero attached hydrogens (tertiary/aromatic N) is 3. The first-order chi connectivity index (χ1) is 12.0. The Labute approximate surface area is 152 Å². The fourth-order valence-corrected chi connectivity index (χ4v) is 4.02. The highest BCUT2D eigenvalue weighted by molar-refractivity contribution is 7.98. The molecule has 6 nitrogen and oxygen atoms in total. The largest absolute Gasteiger partial charge is 0.335 e. The van der Waals surface area contributed by atoms with Crippen LogP contribution in [-0.2, 0) is 6.54 Å². The Morgan fingerprint density at radius 2 is 2.08 bits per heavy atom. The molecule has 0 atom stereocenters. The maximum absolute atomic E-state index is 12.6. The van der Waals surface area contributed by atoms with Crippen molar-refractivity contribution in [1.29, 1.82) is 0 Å². The summed E-state index contributed by atoms with van der Waals surface area (Å²) in [5, 5.41) is 12.0. The number of fused-ring (bicyclic) bond motifs is 1. The molecular formula is C17H15N3O3S2. The molecule has 3 rings (SSSR count). The molecule has 3 aromatic rings. The zero-order chi connectivity index (χ0) is 18.0. The van der Waals surface area contributed by atoms with Crippen molar-refractivity contribution < 1.29 is 9.72 Å². The average Bonchev–Trinajstić information content (AvgIpc) is 3.02. The van der Waals surface area contributed by atoms with E-state index in [1.54, 1.807) is 25.4 Å². The smallest absolute Gasteiger partial charge is 0.283 e. The van der Waals surface area contributed by atoms with Crippen molar-refractivity contribution in [2.24, 2.45) is 0 Å². The molecule has 128 valence electrons. The van der Waals surface area contributed by atoms with E-state index in [1.165, 1.54) is 34.1 Å². The van der Waals surface area contributed by atoms with Crippen LogP contribution >= 0.6 is 23.1 Å². The molecule has 0 saturated carbocycles. The van der Waals surface area contributed by atoms with Crippen LogP contribution in [-0.4, -0.2) is 34.0 Å². The second-order valence-corrected chi connectivity index (χ2v) is 7.34. The van der Waals surface area contributed by atoms with Crippen LogP contribution in [0.4, 0.5) is 5.69 Å². The Morgan fingerprint density at radius 1 is 1.32 bits per heavy atom. The van der Waals surface area contributed by atoms with Gasteiger partial charge in [0.05, 0.1) is 26.6 Å². The molecule has 0 fully saturated rings. The first kappa shape index (κ1) is 17.4. The van der Waals surface area contributed by atoms with Crippen molar-refractivity contribution in [2.75, 3.05) is 13.3 Å². The highest BCUT2D eigenvalue weighted by Gasteiger charge is 2.20. The fourth-order valence-electron chi connectivity index (χ4n) is 2.45. The Balaban J connectivity index is 1.82. The van der Waals surface area contributed by atoms with E-state index in [-0.39, 0.29) is 11.6 Å². The molecule has 0 aliphatic rings. The second-order valence-electron chi connectivity index (χ2n) is 5.38. The van der Waals surface area contributed by atoms with Gasteiger partial charge in [0.25, 0.3) is 11.6 Å². The summed E-state index contributed by atoms with van der Waals surface area (Å²) in [7, 11) is 1.67. The maximum Gasteiger partial charge on any atom is 0.283 e. The first-order valence-corrected chi connectivity index (χ1v) is 9.46. The van der Waals surface area contributed by atoms with E-state index in [1.807, 2.05) is 24.3 Å². The molecule has 1 amide bonds.